The zero-order valence-electron chi connectivity index (χ0n) is 12.9. The molecule has 1 atom stereocenters. The number of methoxy groups -OCH3 is 1. The molecule has 0 bridgehead atoms. The Morgan fingerprint density at radius 2 is 1.55 bits per heavy atom. The van der Waals surface area contributed by atoms with Gasteiger partial charge in [0, 0.05) is 5.56 Å². The largest absolute Gasteiger partial charge is 0.496 e. The average Bonchev–Trinajstić information content (AvgIpc) is 2.37. The van der Waals surface area contributed by atoms with Crippen molar-refractivity contribution in [2.45, 2.75) is 33.7 Å². The van der Waals surface area contributed by atoms with E-state index >= 15 is 0 Å². The third kappa shape index (κ3) is 2.70. The molecule has 2 aromatic carbocycles. The second kappa shape index (κ2) is 5.68. The average molecular weight is 269 g/mol. The van der Waals surface area contributed by atoms with Crippen molar-refractivity contribution >= 4 is 0 Å². The van der Waals surface area contributed by atoms with Crippen molar-refractivity contribution in [3.8, 4) is 5.75 Å². The molecule has 20 heavy (non-hydrogen) atoms. The van der Waals surface area contributed by atoms with Crippen LogP contribution in [0.1, 0.15) is 39.4 Å². The van der Waals surface area contributed by atoms with Gasteiger partial charge in [-0.25, -0.2) is 0 Å². The van der Waals surface area contributed by atoms with Crippen molar-refractivity contribution < 1.29 is 4.74 Å². The molecule has 2 N–H and O–H groups in total. The summed E-state index contributed by atoms with van der Waals surface area (Å²) in [4.78, 5) is 0. The van der Waals surface area contributed by atoms with Gasteiger partial charge in [0.15, 0.2) is 0 Å². The van der Waals surface area contributed by atoms with E-state index in [0.717, 1.165) is 16.9 Å². The first-order chi connectivity index (χ1) is 9.43. The van der Waals surface area contributed by atoms with Crippen molar-refractivity contribution in [2.24, 2.45) is 5.73 Å². The van der Waals surface area contributed by atoms with Crippen molar-refractivity contribution in [3.05, 3.63) is 63.7 Å². The molecule has 0 spiro atoms. The molecule has 0 fully saturated rings. The normalized spacial score (nSPS) is 12.3. The monoisotopic (exact) mass is 269 g/mol. The van der Waals surface area contributed by atoms with Gasteiger partial charge in [-0.3, -0.25) is 0 Å². The Labute approximate surface area is 121 Å². The SMILES string of the molecule is COc1cc(C)cc(C)c1C(N)c1ccc(C)cc1C. The van der Waals surface area contributed by atoms with E-state index in [1.54, 1.807) is 7.11 Å². The summed E-state index contributed by atoms with van der Waals surface area (Å²) in [5.41, 5.74) is 13.6. The predicted octanol–water partition coefficient (Wildman–Crippen LogP) is 3.98. The van der Waals surface area contributed by atoms with Gasteiger partial charge >= 0.3 is 0 Å². The van der Waals surface area contributed by atoms with Crippen LogP contribution in [0.4, 0.5) is 0 Å². The zero-order chi connectivity index (χ0) is 14.9. The molecule has 2 heteroatoms. The van der Waals surface area contributed by atoms with E-state index < -0.39 is 0 Å². The molecule has 0 aliphatic carbocycles. The maximum atomic E-state index is 6.51. The molecule has 0 aliphatic heterocycles. The quantitative estimate of drug-likeness (QED) is 0.914. The molecule has 0 saturated carbocycles. The lowest BCUT2D eigenvalue weighted by Gasteiger charge is -2.21. The van der Waals surface area contributed by atoms with Crippen LogP contribution in [0.3, 0.4) is 0 Å². The number of hydrogen-bond acceptors (Lipinski definition) is 2. The predicted molar refractivity (Wildman–Crippen MR) is 84.4 cm³/mol. The highest BCUT2D eigenvalue weighted by Crippen LogP contribution is 2.33. The summed E-state index contributed by atoms with van der Waals surface area (Å²) in [7, 11) is 1.70. The summed E-state index contributed by atoms with van der Waals surface area (Å²) in [6.07, 6.45) is 0. The van der Waals surface area contributed by atoms with E-state index in [1.807, 2.05) is 6.07 Å². The first-order valence-corrected chi connectivity index (χ1v) is 6.92. The second-order valence-corrected chi connectivity index (χ2v) is 5.54. The summed E-state index contributed by atoms with van der Waals surface area (Å²) in [6, 6.07) is 10.4. The highest BCUT2D eigenvalue weighted by Gasteiger charge is 2.18. The van der Waals surface area contributed by atoms with Gasteiger partial charge in [0.1, 0.15) is 5.75 Å². The lowest BCUT2D eigenvalue weighted by molar-refractivity contribution is 0.407. The smallest absolute Gasteiger partial charge is 0.124 e. The molecule has 0 heterocycles. The third-order valence-electron chi connectivity index (χ3n) is 3.78. The van der Waals surface area contributed by atoms with Crippen LogP contribution in [0.2, 0.25) is 0 Å². The Morgan fingerprint density at radius 1 is 0.900 bits per heavy atom. The number of ether oxygens (including phenoxy) is 1. The maximum absolute atomic E-state index is 6.51. The van der Waals surface area contributed by atoms with Crippen LogP contribution in [0.25, 0.3) is 0 Å². The van der Waals surface area contributed by atoms with E-state index in [1.165, 1.54) is 22.3 Å². The van der Waals surface area contributed by atoms with E-state index in [0.29, 0.717) is 0 Å². The van der Waals surface area contributed by atoms with Crippen LogP contribution < -0.4 is 10.5 Å². The van der Waals surface area contributed by atoms with Crippen LogP contribution in [-0.2, 0) is 0 Å². The molecule has 0 aromatic heterocycles. The van der Waals surface area contributed by atoms with Crippen molar-refractivity contribution in [1.29, 1.82) is 0 Å². The third-order valence-corrected chi connectivity index (χ3v) is 3.78. The van der Waals surface area contributed by atoms with Crippen LogP contribution in [-0.4, -0.2) is 7.11 Å². The van der Waals surface area contributed by atoms with Gasteiger partial charge < -0.3 is 10.5 Å². The topological polar surface area (TPSA) is 35.2 Å². The van der Waals surface area contributed by atoms with Gasteiger partial charge in [-0.2, -0.15) is 0 Å². The van der Waals surface area contributed by atoms with Crippen LogP contribution >= 0.6 is 0 Å². The van der Waals surface area contributed by atoms with E-state index in [2.05, 4.69) is 52.0 Å². The minimum Gasteiger partial charge on any atom is -0.496 e. The number of rotatable bonds is 3. The summed E-state index contributed by atoms with van der Waals surface area (Å²) in [6.45, 7) is 8.37. The number of hydrogen-bond donors (Lipinski definition) is 1. The Morgan fingerprint density at radius 3 is 2.15 bits per heavy atom. The molecule has 106 valence electrons. The lowest BCUT2D eigenvalue weighted by atomic mass is 9.90. The molecular formula is C18H23NO. The minimum absolute atomic E-state index is 0.161. The molecule has 2 nitrogen and oxygen atoms in total. The molecule has 0 amide bonds. The number of benzene rings is 2. The fourth-order valence-corrected chi connectivity index (χ4v) is 2.84. The standard InChI is InChI=1S/C18H23NO/c1-11-6-7-15(13(3)8-11)18(19)17-14(4)9-12(2)10-16(17)20-5/h6-10,18H,19H2,1-5H3. The molecule has 0 radical (unpaired) electrons. The van der Waals surface area contributed by atoms with Crippen molar-refractivity contribution in [1.82, 2.24) is 0 Å². The lowest BCUT2D eigenvalue weighted by Crippen LogP contribution is -2.16. The van der Waals surface area contributed by atoms with Gasteiger partial charge in [-0.15, -0.1) is 0 Å². The van der Waals surface area contributed by atoms with E-state index in [-0.39, 0.29) is 6.04 Å². The second-order valence-electron chi connectivity index (χ2n) is 5.54. The molecule has 2 aromatic rings. The van der Waals surface area contributed by atoms with Gasteiger partial charge in [-0.05, 0) is 56.0 Å². The summed E-state index contributed by atoms with van der Waals surface area (Å²) in [5, 5.41) is 0. The molecule has 0 saturated heterocycles. The van der Waals surface area contributed by atoms with E-state index in [4.69, 9.17) is 10.5 Å². The minimum atomic E-state index is -0.161. The maximum Gasteiger partial charge on any atom is 0.124 e. The van der Waals surface area contributed by atoms with Crippen molar-refractivity contribution in [3.63, 3.8) is 0 Å². The Balaban J connectivity index is 2.55. The molecule has 1 unspecified atom stereocenters. The van der Waals surface area contributed by atoms with Gasteiger partial charge in [-0.1, -0.05) is 29.8 Å². The van der Waals surface area contributed by atoms with Gasteiger partial charge in [0.2, 0.25) is 0 Å². The summed E-state index contributed by atoms with van der Waals surface area (Å²) in [5.74, 6) is 0.870. The molecule has 0 aliphatic rings. The Hall–Kier alpha value is -1.80. The zero-order valence-corrected chi connectivity index (χ0v) is 12.9. The fraction of sp³-hybridized carbons (Fsp3) is 0.333. The number of nitrogens with two attached hydrogens (primary N) is 1. The van der Waals surface area contributed by atoms with E-state index in [9.17, 15) is 0 Å². The Kier molecular flexibility index (Phi) is 4.15. The fourth-order valence-electron chi connectivity index (χ4n) is 2.84. The molecular weight excluding hydrogens is 246 g/mol. The van der Waals surface area contributed by atoms with Gasteiger partial charge in [0.25, 0.3) is 0 Å². The first kappa shape index (κ1) is 14.6. The van der Waals surface area contributed by atoms with Gasteiger partial charge in [0.05, 0.1) is 13.2 Å². The Bertz CT molecular complexity index is 632. The summed E-state index contributed by atoms with van der Waals surface area (Å²) < 4.78 is 5.53. The van der Waals surface area contributed by atoms with Crippen LogP contribution in [0.15, 0.2) is 30.3 Å². The highest BCUT2D eigenvalue weighted by atomic mass is 16.5. The first-order valence-electron chi connectivity index (χ1n) is 6.92. The highest BCUT2D eigenvalue weighted by molar-refractivity contribution is 5.50. The number of aryl methyl sites for hydroxylation is 4. The van der Waals surface area contributed by atoms with Crippen molar-refractivity contribution in [2.75, 3.05) is 7.11 Å². The molecule has 2 rings (SSSR count). The summed E-state index contributed by atoms with van der Waals surface area (Å²) >= 11 is 0. The van der Waals surface area contributed by atoms with Crippen LogP contribution in [0, 0.1) is 27.7 Å². The van der Waals surface area contributed by atoms with Crippen LogP contribution in [0.5, 0.6) is 5.75 Å².